The molecule has 128 valence electrons. The van der Waals surface area contributed by atoms with Gasteiger partial charge in [0.1, 0.15) is 0 Å². The number of benzene rings is 1. The van der Waals surface area contributed by atoms with Gasteiger partial charge in [0.05, 0.1) is 17.1 Å². The lowest BCUT2D eigenvalue weighted by atomic mass is 9.96. The lowest BCUT2D eigenvalue weighted by Crippen LogP contribution is -2.38. The van der Waals surface area contributed by atoms with Crippen LogP contribution in [0, 0.1) is 6.92 Å². The summed E-state index contributed by atoms with van der Waals surface area (Å²) in [6, 6.07) is 4.87. The Hall–Kier alpha value is -2.15. The third kappa shape index (κ3) is 3.21. The van der Waals surface area contributed by atoms with Crippen LogP contribution >= 0.6 is 0 Å². The van der Waals surface area contributed by atoms with Gasteiger partial charge in [0, 0.05) is 30.1 Å². The molecule has 1 saturated heterocycles. The van der Waals surface area contributed by atoms with Crippen molar-refractivity contribution in [3.8, 4) is 0 Å². The minimum absolute atomic E-state index is 0.0204. The molecule has 0 radical (unpaired) electrons. The summed E-state index contributed by atoms with van der Waals surface area (Å²) < 4.78 is 23.8. The topological polar surface area (TPSA) is 83.1 Å². The van der Waals surface area contributed by atoms with E-state index >= 15 is 0 Å². The minimum Gasteiger partial charge on any atom is -0.331 e. The molecule has 1 unspecified atom stereocenters. The standard InChI is InChI=1S/C17H21N3O3S/c1-12-6-7-13(9-16(12)24(2,22)23)17(21)20-8-4-3-5-15(20)14-10-18-19-11-14/h6-7,9-11,15H,3-5,8H2,1-2H3,(H,18,19). The van der Waals surface area contributed by atoms with E-state index < -0.39 is 9.84 Å². The molecule has 2 aromatic rings. The molecule has 6 nitrogen and oxygen atoms in total. The maximum absolute atomic E-state index is 13.0. The molecule has 0 spiro atoms. The number of sulfone groups is 1. The van der Waals surface area contributed by atoms with Crippen LogP contribution in [-0.2, 0) is 9.84 Å². The van der Waals surface area contributed by atoms with Crippen LogP contribution < -0.4 is 0 Å². The Morgan fingerprint density at radius 3 is 2.79 bits per heavy atom. The zero-order chi connectivity index (χ0) is 17.3. The van der Waals surface area contributed by atoms with E-state index in [9.17, 15) is 13.2 Å². The van der Waals surface area contributed by atoms with Crippen molar-refractivity contribution < 1.29 is 13.2 Å². The first kappa shape index (κ1) is 16.7. The maximum Gasteiger partial charge on any atom is 0.254 e. The number of H-pyrrole nitrogens is 1. The number of carbonyl (C=O) groups is 1. The van der Waals surface area contributed by atoms with E-state index in [1.807, 2.05) is 11.1 Å². The highest BCUT2D eigenvalue weighted by atomic mass is 32.2. The number of aromatic nitrogens is 2. The smallest absolute Gasteiger partial charge is 0.254 e. The number of hydrogen-bond donors (Lipinski definition) is 1. The first-order chi connectivity index (χ1) is 11.4. The summed E-state index contributed by atoms with van der Waals surface area (Å²) in [4.78, 5) is 15.0. The fraction of sp³-hybridized carbons (Fsp3) is 0.412. The van der Waals surface area contributed by atoms with Crippen molar-refractivity contribution in [1.82, 2.24) is 15.1 Å². The average molecular weight is 347 g/mol. The molecular formula is C17H21N3O3S. The molecule has 1 aliphatic heterocycles. The zero-order valence-corrected chi connectivity index (χ0v) is 14.6. The fourth-order valence-corrected chi connectivity index (χ4v) is 4.26. The molecular weight excluding hydrogens is 326 g/mol. The van der Waals surface area contributed by atoms with Crippen molar-refractivity contribution in [3.05, 3.63) is 47.3 Å². The summed E-state index contributed by atoms with van der Waals surface area (Å²) in [5, 5.41) is 6.78. The Morgan fingerprint density at radius 1 is 1.33 bits per heavy atom. The first-order valence-electron chi connectivity index (χ1n) is 7.98. The van der Waals surface area contributed by atoms with Gasteiger partial charge in [0.15, 0.2) is 9.84 Å². The van der Waals surface area contributed by atoms with Crippen LogP contribution in [0.3, 0.4) is 0 Å². The molecule has 1 aromatic heterocycles. The predicted octanol–water partition coefficient (Wildman–Crippen LogP) is 2.49. The molecule has 7 heteroatoms. The number of nitrogens with one attached hydrogen (secondary N) is 1. The summed E-state index contributed by atoms with van der Waals surface area (Å²) >= 11 is 0. The highest BCUT2D eigenvalue weighted by molar-refractivity contribution is 7.90. The molecule has 3 rings (SSSR count). The van der Waals surface area contributed by atoms with E-state index in [0.717, 1.165) is 24.8 Å². The van der Waals surface area contributed by atoms with Gasteiger partial charge >= 0.3 is 0 Å². The third-order valence-electron chi connectivity index (χ3n) is 4.50. The van der Waals surface area contributed by atoms with Gasteiger partial charge < -0.3 is 4.90 Å². The van der Waals surface area contributed by atoms with Crippen molar-refractivity contribution in [2.75, 3.05) is 12.8 Å². The van der Waals surface area contributed by atoms with Crippen molar-refractivity contribution in [1.29, 1.82) is 0 Å². The van der Waals surface area contributed by atoms with Gasteiger partial charge in [-0.15, -0.1) is 0 Å². The number of piperidine rings is 1. The number of nitrogens with zero attached hydrogens (tertiary/aromatic N) is 2. The lowest BCUT2D eigenvalue weighted by Gasteiger charge is -2.35. The predicted molar refractivity (Wildman–Crippen MR) is 90.5 cm³/mol. The van der Waals surface area contributed by atoms with Crippen molar-refractivity contribution in [3.63, 3.8) is 0 Å². The number of carbonyl (C=O) groups excluding carboxylic acids is 1. The van der Waals surface area contributed by atoms with E-state index in [1.54, 1.807) is 25.3 Å². The second-order valence-corrected chi connectivity index (χ2v) is 8.28. The Balaban J connectivity index is 1.95. The largest absolute Gasteiger partial charge is 0.331 e. The molecule has 0 bridgehead atoms. The quantitative estimate of drug-likeness (QED) is 0.924. The summed E-state index contributed by atoms with van der Waals surface area (Å²) in [6.07, 6.45) is 7.61. The number of amides is 1. The molecule has 1 fully saturated rings. The molecule has 1 amide bonds. The number of hydrogen-bond acceptors (Lipinski definition) is 4. The van der Waals surface area contributed by atoms with Gasteiger partial charge in [-0.25, -0.2) is 8.42 Å². The van der Waals surface area contributed by atoms with Gasteiger partial charge in [-0.1, -0.05) is 6.07 Å². The van der Waals surface area contributed by atoms with Crippen LogP contribution in [0.5, 0.6) is 0 Å². The molecule has 24 heavy (non-hydrogen) atoms. The van der Waals surface area contributed by atoms with Crippen molar-refractivity contribution in [2.45, 2.75) is 37.1 Å². The van der Waals surface area contributed by atoms with Crippen LogP contribution in [-0.4, -0.2) is 42.2 Å². The summed E-state index contributed by atoms with van der Waals surface area (Å²) in [6.45, 7) is 2.40. The van der Waals surface area contributed by atoms with Crippen LogP contribution in [0.4, 0.5) is 0 Å². The van der Waals surface area contributed by atoms with Gasteiger partial charge in [-0.05, 0) is 43.9 Å². The molecule has 1 aromatic carbocycles. The lowest BCUT2D eigenvalue weighted by molar-refractivity contribution is 0.0611. The van der Waals surface area contributed by atoms with E-state index in [2.05, 4.69) is 10.2 Å². The van der Waals surface area contributed by atoms with Crippen LogP contribution in [0.1, 0.15) is 46.8 Å². The first-order valence-corrected chi connectivity index (χ1v) is 9.87. The molecule has 1 N–H and O–H groups in total. The van der Waals surface area contributed by atoms with Crippen LogP contribution in [0.25, 0.3) is 0 Å². The number of rotatable bonds is 3. The Bertz CT molecular complexity index is 844. The van der Waals surface area contributed by atoms with Crippen LogP contribution in [0.2, 0.25) is 0 Å². The molecule has 2 heterocycles. The number of aromatic amines is 1. The molecule has 0 aliphatic carbocycles. The molecule has 0 saturated carbocycles. The van der Waals surface area contributed by atoms with Gasteiger partial charge in [0.2, 0.25) is 0 Å². The number of likely N-dealkylation sites (tertiary alicyclic amines) is 1. The second-order valence-electron chi connectivity index (χ2n) is 6.29. The van der Waals surface area contributed by atoms with Crippen molar-refractivity contribution in [2.24, 2.45) is 0 Å². The van der Waals surface area contributed by atoms with E-state index in [0.29, 0.717) is 17.7 Å². The van der Waals surface area contributed by atoms with Gasteiger partial charge in [0.25, 0.3) is 5.91 Å². The second kappa shape index (κ2) is 6.39. The summed E-state index contributed by atoms with van der Waals surface area (Å²) in [5.41, 5.74) is 2.05. The normalized spacial score (nSPS) is 18.6. The third-order valence-corrected chi connectivity index (χ3v) is 5.74. The maximum atomic E-state index is 13.0. The highest BCUT2D eigenvalue weighted by Gasteiger charge is 2.29. The Kier molecular flexibility index (Phi) is 4.45. The van der Waals surface area contributed by atoms with Crippen LogP contribution in [0.15, 0.2) is 35.5 Å². The Morgan fingerprint density at radius 2 is 2.12 bits per heavy atom. The summed E-state index contributed by atoms with van der Waals surface area (Å²) in [5.74, 6) is -0.134. The number of aryl methyl sites for hydroxylation is 1. The van der Waals surface area contributed by atoms with E-state index in [-0.39, 0.29) is 16.8 Å². The Labute approximate surface area is 141 Å². The minimum atomic E-state index is -3.36. The van der Waals surface area contributed by atoms with Crippen molar-refractivity contribution >= 4 is 15.7 Å². The highest BCUT2D eigenvalue weighted by Crippen LogP contribution is 2.32. The summed E-state index contributed by atoms with van der Waals surface area (Å²) in [7, 11) is -3.36. The molecule has 1 atom stereocenters. The van der Waals surface area contributed by atoms with Gasteiger partial charge in [-0.3, -0.25) is 9.89 Å². The SMILES string of the molecule is Cc1ccc(C(=O)N2CCCCC2c2cn[nH]c2)cc1S(C)(=O)=O. The van der Waals surface area contributed by atoms with E-state index in [1.165, 1.54) is 12.3 Å². The monoisotopic (exact) mass is 347 g/mol. The fourth-order valence-electron chi connectivity index (χ4n) is 3.26. The molecule has 1 aliphatic rings. The zero-order valence-electron chi connectivity index (χ0n) is 13.8. The van der Waals surface area contributed by atoms with E-state index in [4.69, 9.17) is 0 Å². The average Bonchev–Trinajstić information content (AvgIpc) is 3.08. The van der Waals surface area contributed by atoms with Gasteiger partial charge in [-0.2, -0.15) is 5.10 Å².